The summed E-state index contributed by atoms with van der Waals surface area (Å²) in [6.45, 7) is 2.55. The standard InChI is InChI=1S/C22H22BrN3O4/c1-3-30-21(28)18-19(14-7-6-8-15(23)13-14)26-17-10-5-4-9-16(17)24-22(26)25(20(18)27)11-12-29-2/h4-10,13,18-19H,3,11-12H2,1-2H3. The van der Waals surface area contributed by atoms with Crippen LogP contribution in [-0.4, -0.2) is 48.3 Å². The van der Waals surface area contributed by atoms with Crippen LogP contribution in [0.4, 0.5) is 5.95 Å². The first-order valence-electron chi connectivity index (χ1n) is 9.76. The first kappa shape index (κ1) is 20.6. The quantitative estimate of drug-likeness (QED) is 0.405. The maximum absolute atomic E-state index is 13.6. The molecule has 4 rings (SSSR count). The molecule has 2 aromatic carbocycles. The molecular formula is C22H22BrN3O4. The molecule has 2 heterocycles. The van der Waals surface area contributed by atoms with E-state index in [1.165, 1.54) is 4.90 Å². The third-order valence-electron chi connectivity index (χ3n) is 5.19. The van der Waals surface area contributed by atoms with Gasteiger partial charge in [0.05, 0.1) is 36.8 Å². The summed E-state index contributed by atoms with van der Waals surface area (Å²) in [7, 11) is 1.57. The number of nitrogens with zero attached hydrogens (tertiary/aromatic N) is 3. The first-order valence-corrected chi connectivity index (χ1v) is 10.6. The van der Waals surface area contributed by atoms with Gasteiger partial charge in [0.2, 0.25) is 11.9 Å². The molecule has 8 heteroatoms. The van der Waals surface area contributed by atoms with Crippen molar-refractivity contribution in [3.05, 3.63) is 58.6 Å². The number of hydrogen-bond acceptors (Lipinski definition) is 5. The van der Waals surface area contributed by atoms with Crippen molar-refractivity contribution in [2.24, 2.45) is 5.92 Å². The van der Waals surface area contributed by atoms with E-state index >= 15 is 0 Å². The Morgan fingerprint density at radius 3 is 2.73 bits per heavy atom. The molecule has 3 aromatic rings. The number of amides is 1. The van der Waals surface area contributed by atoms with Crippen molar-refractivity contribution in [2.75, 3.05) is 31.8 Å². The Hall–Kier alpha value is -2.71. The van der Waals surface area contributed by atoms with E-state index < -0.39 is 17.9 Å². The van der Waals surface area contributed by atoms with Gasteiger partial charge in [-0.25, -0.2) is 4.98 Å². The highest BCUT2D eigenvalue weighted by Crippen LogP contribution is 2.41. The molecular weight excluding hydrogens is 450 g/mol. The first-order chi connectivity index (χ1) is 14.6. The Labute approximate surface area is 182 Å². The topological polar surface area (TPSA) is 73.7 Å². The zero-order valence-corrected chi connectivity index (χ0v) is 18.3. The summed E-state index contributed by atoms with van der Waals surface area (Å²) in [4.78, 5) is 32.8. The Morgan fingerprint density at radius 2 is 2.00 bits per heavy atom. The van der Waals surface area contributed by atoms with Crippen LogP contribution in [0.5, 0.6) is 0 Å². The van der Waals surface area contributed by atoms with Crippen LogP contribution in [0.1, 0.15) is 18.5 Å². The van der Waals surface area contributed by atoms with Crippen LogP contribution in [0.25, 0.3) is 11.0 Å². The highest BCUT2D eigenvalue weighted by Gasteiger charge is 2.47. The number of carbonyl (C=O) groups excluding carboxylic acids is 2. The molecule has 0 saturated heterocycles. The lowest BCUT2D eigenvalue weighted by Crippen LogP contribution is -2.51. The molecule has 2 unspecified atom stereocenters. The monoisotopic (exact) mass is 471 g/mol. The lowest BCUT2D eigenvalue weighted by Gasteiger charge is -2.37. The number of aromatic nitrogens is 2. The fourth-order valence-electron chi connectivity index (χ4n) is 3.93. The fraction of sp³-hybridized carbons (Fsp3) is 0.318. The third-order valence-corrected chi connectivity index (χ3v) is 5.69. The van der Waals surface area contributed by atoms with Crippen LogP contribution < -0.4 is 4.90 Å². The van der Waals surface area contributed by atoms with Crippen LogP contribution in [0.2, 0.25) is 0 Å². The number of anilines is 1. The highest BCUT2D eigenvalue weighted by molar-refractivity contribution is 9.10. The summed E-state index contributed by atoms with van der Waals surface area (Å²) >= 11 is 3.51. The number of ether oxygens (including phenoxy) is 2. The van der Waals surface area contributed by atoms with Gasteiger partial charge in [0, 0.05) is 11.6 Å². The van der Waals surface area contributed by atoms with Crippen LogP contribution in [0, 0.1) is 5.92 Å². The summed E-state index contributed by atoms with van der Waals surface area (Å²) in [6, 6.07) is 14.7. The molecule has 30 heavy (non-hydrogen) atoms. The van der Waals surface area contributed by atoms with Crippen LogP contribution >= 0.6 is 15.9 Å². The molecule has 0 radical (unpaired) electrons. The van der Waals surface area contributed by atoms with E-state index in [2.05, 4.69) is 15.9 Å². The number of methoxy groups -OCH3 is 1. The SMILES string of the molecule is CCOC(=O)C1C(=O)N(CCOC)c2nc3ccccc3n2C1c1cccc(Br)c1. The third kappa shape index (κ3) is 3.50. The normalized spacial score (nSPS) is 18.5. The largest absolute Gasteiger partial charge is 0.465 e. The molecule has 7 nitrogen and oxygen atoms in total. The zero-order chi connectivity index (χ0) is 21.3. The second-order valence-electron chi connectivity index (χ2n) is 6.98. The van der Waals surface area contributed by atoms with Crippen LogP contribution in [0.3, 0.4) is 0 Å². The summed E-state index contributed by atoms with van der Waals surface area (Å²) in [6.07, 6.45) is 0. The van der Waals surface area contributed by atoms with E-state index in [1.54, 1.807) is 14.0 Å². The number of halogens is 1. The van der Waals surface area contributed by atoms with Crippen molar-refractivity contribution >= 4 is 44.8 Å². The van der Waals surface area contributed by atoms with E-state index in [4.69, 9.17) is 14.5 Å². The molecule has 0 spiro atoms. The molecule has 0 bridgehead atoms. The summed E-state index contributed by atoms with van der Waals surface area (Å²) in [5, 5.41) is 0. The number of esters is 1. The average Bonchev–Trinajstić information content (AvgIpc) is 3.11. The fourth-order valence-corrected chi connectivity index (χ4v) is 4.35. The van der Waals surface area contributed by atoms with Gasteiger partial charge in [-0.3, -0.25) is 14.5 Å². The number of fused-ring (bicyclic) bond motifs is 3. The molecule has 1 aromatic heterocycles. The Morgan fingerprint density at radius 1 is 1.20 bits per heavy atom. The summed E-state index contributed by atoms with van der Waals surface area (Å²) in [5.41, 5.74) is 2.43. The van der Waals surface area contributed by atoms with Crippen molar-refractivity contribution < 1.29 is 19.1 Å². The predicted octanol–water partition coefficient (Wildman–Crippen LogP) is 3.56. The molecule has 0 saturated carbocycles. The van der Waals surface area contributed by atoms with Gasteiger partial charge in [0.1, 0.15) is 0 Å². The number of hydrogen-bond donors (Lipinski definition) is 0. The van der Waals surface area contributed by atoms with Crippen molar-refractivity contribution in [3.8, 4) is 0 Å². The second kappa shape index (κ2) is 8.57. The molecule has 0 aliphatic carbocycles. The molecule has 156 valence electrons. The average molecular weight is 472 g/mol. The number of benzene rings is 2. The zero-order valence-electron chi connectivity index (χ0n) is 16.7. The van der Waals surface area contributed by atoms with Crippen molar-refractivity contribution in [3.63, 3.8) is 0 Å². The van der Waals surface area contributed by atoms with E-state index in [0.717, 1.165) is 21.1 Å². The van der Waals surface area contributed by atoms with Gasteiger partial charge < -0.3 is 14.0 Å². The second-order valence-corrected chi connectivity index (χ2v) is 7.90. The molecule has 1 amide bonds. The Balaban J connectivity index is 1.98. The molecule has 1 aliphatic rings. The minimum absolute atomic E-state index is 0.198. The maximum Gasteiger partial charge on any atom is 0.321 e. The minimum atomic E-state index is -1.03. The number of imidazole rings is 1. The van der Waals surface area contributed by atoms with Gasteiger partial charge in [-0.05, 0) is 36.8 Å². The highest BCUT2D eigenvalue weighted by atomic mass is 79.9. The van der Waals surface area contributed by atoms with Gasteiger partial charge in [0.25, 0.3) is 0 Å². The van der Waals surface area contributed by atoms with Gasteiger partial charge in [-0.15, -0.1) is 0 Å². The number of carbonyl (C=O) groups is 2. The van der Waals surface area contributed by atoms with E-state index in [9.17, 15) is 9.59 Å². The summed E-state index contributed by atoms with van der Waals surface area (Å²) in [5.74, 6) is -1.40. The van der Waals surface area contributed by atoms with Crippen molar-refractivity contribution in [1.82, 2.24) is 9.55 Å². The maximum atomic E-state index is 13.6. The van der Waals surface area contributed by atoms with Crippen LogP contribution in [0.15, 0.2) is 53.0 Å². The molecule has 2 atom stereocenters. The Bertz CT molecular complexity index is 1100. The number of para-hydroxylation sites is 2. The van der Waals surface area contributed by atoms with Gasteiger partial charge in [-0.2, -0.15) is 0 Å². The van der Waals surface area contributed by atoms with Crippen LogP contribution in [-0.2, 0) is 19.1 Å². The van der Waals surface area contributed by atoms with E-state index in [1.807, 2.05) is 53.1 Å². The lowest BCUT2D eigenvalue weighted by atomic mass is 9.89. The minimum Gasteiger partial charge on any atom is -0.465 e. The van der Waals surface area contributed by atoms with Crippen molar-refractivity contribution in [1.29, 1.82) is 0 Å². The molecule has 0 N–H and O–H groups in total. The smallest absolute Gasteiger partial charge is 0.321 e. The van der Waals surface area contributed by atoms with E-state index in [0.29, 0.717) is 19.1 Å². The predicted molar refractivity (Wildman–Crippen MR) is 116 cm³/mol. The van der Waals surface area contributed by atoms with Gasteiger partial charge >= 0.3 is 5.97 Å². The lowest BCUT2D eigenvalue weighted by molar-refractivity contribution is -0.153. The van der Waals surface area contributed by atoms with Crippen molar-refractivity contribution in [2.45, 2.75) is 13.0 Å². The molecule has 0 fully saturated rings. The number of rotatable bonds is 6. The Kier molecular flexibility index (Phi) is 5.87. The van der Waals surface area contributed by atoms with E-state index in [-0.39, 0.29) is 12.5 Å². The molecule has 1 aliphatic heterocycles. The van der Waals surface area contributed by atoms with Gasteiger partial charge in [0.15, 0.2) is 5.92 Å². The van der Waals surface area contributed by atoms with Gasteiger partial charge in [-0.1, -0.05) is 40.2 Å². The summed E-state index contributed by atoms with van der Waals surface area (Å²) < 4.78 is 13.4.